The molecule has 2 saturated heterocycles. The van der Waals surface area contributed by atoms with E-state index in [1.165, 1.54) is 37.3 Å². The van der Waals surface area contributed by atoms with Gasteiger partial charge in [0, 0.05) is 33.0 Å². The van der Waals surface area contributed by atoms with Gasteiger partial charge in [-0.2, -0.15) is 0 Å². The molecule has 2 fully saturated rings. The number of piperidine rings is 1. The van der Waals surface area contributed by atoms with Crippen LogP contribution in [0.5, 0.6) is 0 Å². The number of nitrogens with zero attached hydrogens (tertiary/aromatic N) is 4. The van der Waals surface area contributed by atoms with Crippen LogP contribution in [0.4, 0.5) is 4.79 Å². The normalized spacial score (nSPS) is 27.4. The summed E-state index contributed by atoms with van der Waals surface area (Å²) in [7, 11) is 3.32. The lowest BCUT2D eigenvalue weighted by Crippen LogP contribution is -2.63. The molecule has 0 aromatic heterocycles. The van der Waals surface area contributed by atoms with E-state index in [2.05, 4.69) is 15.2 Å². The van der Waals surface area contributed by atoms with E-state index >= 15 is 0 Å². The van der Waals surface area contributed by atoms with Crippen LogP contribution in [0.3, 0.4) is 0 Å². The summed E-state index contributed by atoms with van der Waals surface area (Å²) in [5.74, 6) is 0.653. The van der Waals surface area contributed by atoms with Crippen LogP contribution in [0.15, 0.2) is 4.99 Å². The molecule has 2 unspecified atom stereocenters. The molecule has 0 aromatic rings. The van der Waals surface area contributed by atoms with Crippen molar-refractivity contribution in [1.29, 1.82) is 0 Å². The number of carbonyl (C=O) groups excluding carboxylic acids is 2. The highest BCUT2D eigenvalue weighted by Gasteiger charge is 2.48. The van der Waals surface area contributed by atoms with E-state index in [4.69, 9.17) is 4.74 Å². The highest BCUT2D eigenvalue weighted by molar-refractivity contribution is 8.13. The molecule has 0 spiro atoms. The van der Waals surface area contributed by atoms with Gasteiger partial charge in [-0.1, -0.05) is 18.2 Å². The highest BCUT2D eigenvalue weighted by atomic mass is 32.2. The van der Waals surface area contributed by atoms with Crippen molar-refractivity contribution in [2.45, 2.75) is 31.5 Å². The van der Waals surface area contributed by atoms with Crippen molar-refractivity contribution in [2.24, 2.45) is 4.99 Å². The fourth-order valence-electron chi connectivity index (χ4n) is 3.49. The van der Waals surface area contributed by atoms with Gasteiger partial charge in [0.05, 0.1) is 6.61 Å². The molecule has 0 radical (unpaired) electrons. The molecule has 140 valence electrons. The van der Waals surface area contributed by atoms with Gasteiger partial charge in [-0.25, -0.2) is 9.79 Å². The lowest BCUT2D eigenvalue weighted by Gasteiger charge is -2.36. The second-order valence-electron chi connectivity index (χ2n) is 6.61. The summed E-state index contributed by atoms with van der Waals surface area (Å²) in [5, 5.41) is 3.24. The molecule has 25 heavy (non-hydrogen) atoms. The Balaban J connectivity index is 1.64. The SMILES string of the molecule is COCCN1C(SCCN2CCCCC2)=NC2C1C(=O)NC(=O)N2C. The van der Waals surface area contributed by atoms with Crippen LogP contribution in [0, 0.1) is 0 Å². The maximum Gasteiger partial charge on any atom is 0.325 e. The number of rotatable bonds is 6. The fourth-order valence-corrected chi connectivity index (χ4v) is 4.58. The molecule has 3 rings (SSSR count). The minimum Gasteiger partial charge on any atom is -0.383 e. The summed E-state index contributed by atoms with van der Waals surface area (Å²) in [6, 6.07) is -0.850. The lowest BCUT2D eigenvalue weighted by molar-refractivity contribution is -0.127. The third-order valence-electron chi connectivity index (χ3n) is 4.95. The summed E-state index contributed by atoms with van der Waals surface area (Å²) in [5.41, 5.74) is 0. The Morgan fingerprint density at radius 3 is 2.72 bits per heavy atom. The van der Waals surface area contributed by atoms with Crippen LogP contribution in [0.2, 0.25) is 0 Å². The number of imide groups is 1. The Labute approximate surface area is 152 Å². The van der Waals surface area contributed by atoms with Crippen molar-refractivity contribution in [3.63, 3.8) is 0 Å². The molecule has 8 nitrogen and oxygen atoms in total. The number of likely N-dealkylation sites (tertiary alicyclic amines) is 1. The van der Waals surface area contributed by atoms with Crippen molar-refractivity contribution in [3.05, 3.63) is 0 Å². The number of hydrogen-bond acceptors (Lipinski definition) is 7. The van der Waals surface area contributed by atoms with Gasteiger partial charge in [-0.05, 0) is 25.9 Å². The topological polar surface area (TPSA) is 77.5 Å². The molecule has 3 aliphatic rings. The summed E-state index contributed by atoms with van der Waals surface area (Å²) in [6.45, 7) is 4.47. The van der Waals surface area contributed by atoms with Crippen LogP contribution >= 0.6 is 11.8 Å². The number of carbonyl (C=O) groups is 2. The van der Waals surface area contributed by atoms with Gasteiger partial charge in [0.2, 0.25) is 0 Å². The smallest absolute Gasteiger partial charge is 0.325 e. The van der Waals surface area contributed by atoms with Crippen molar-refractivity contribution in [3.8, 4) is 0 Å². The predicted octanol–water partition coefficient (Wildman–Crippen LogP) is 0.400. The van der Waals surface area contributed by atoms with Crippen LogP contribution in [-0.4, -0.2) is 96.7 Å². The third-order valence-corrected chi connectivity index (χ3v) is 5.93. The zero-order valence-corrected chi connectivity index (χ0v) is 15.8. The molecule has 9 heteroatoms. The summed E-state index contributed by atoms with van der Waals surface area (Å²) in [6.07, 6.45) is 3.45. The molecule has 0 aliphatic carbocycles. The van der Waals surface area contributed by atoms with Crippen LogP contribution in [0.25, 0.3) is 0 Å². The molecule has 0 aromatic carbocycles. The molecule has 3 amide bonds. The van der Waals surface area contributed by atoms with Crippen LogP contribution in [-0.2, 0) is 9.53 Å². The minimum atomic E-state index is -0.463. The number of urea groups is 1. The number of aliphatic imine (C=N–C) groups is 1. The number of likely N-dealkylation sites (N-methyl/N-ethyl adjacent to an activating group) is 1. The van der Waals surface area contributed by atoms with E-state index in [1.54, 1.807) is 25.9 Å². The second kappa shape index (κ2) is 8.37. The van der Waals surface area contributed by atoms with Crippen LogP contribution in [0.1, 0.15) is 19.3 Å². The highest BCUT2D eigenvalue weighted by Crippen LogP contribution is 2.28. The number of fused-ring (bicyclic) bond motifs is 1. The summed E-state index contributed by atoms with van der Waals surface area (Å²) >= 11 is 1.67. The number of hydrogen-bond donors (Lipinski definition) is 1. The Bertz CT molecular complexity index is 538. The number of methoxy groups -OCH3 is 1. The third kappa shape index (κ3) is 4.09. The van der Waals surface area contributed by atoms with Gasteiger partial charge in [0.15, 0.2) is 17.4 Å². The largest absolute Gasteiger partial charge is 0.383 e. The Kier molecular flexibility index (Phi) is 6.19. The molecular formula is C16H27N5O3S. The molecule has 0 saturated carbocycles. The zero-order chi connectivity index (χ0) is 17.8. The lowest BCUT2D eigenvalue weighted by atomic mass is 10.1. The van der Waals surface area contributed by atoms with Crippen molar-refractivity contribution < 1.29 is 14.3 Å². The number of nitrogens with one attached hydrogen (secondary N) is 1. The van der Waals surface area contributed by atoms with Gasteiger partial charge in [0.25, 0.3) is 5.91 Å². The van der Waals surface area contributed by atoms with Gasteiger partial charge in [0.1, 0.15) is 0 Å². The van der Waals surface area contributed by atoms with Gasteiger partial charge < -0.3 is 19.4 Å². The number of amidine groups is 1. The Hall–Kier alpha value is -1.32. The maximum atomic E-state index is 12.3. The summed E-state index contributed by atoms with van der Waals surface area (Å²) in [4.78, 5) is 34.9. The first kappa shape index (κ1) is 18.5. The zero-order valence-electron chi connectivity index (χ0n) is 14.9. The molecule has 3 aliphatic heterocycles. The van der Waals surface area contributed by atoms with Crippen molar-refractivity contribution >= 4 is 28.9 Å². The Morgan fingerprint density at radius 2 is 2.00 bits per heavy atom. The average Bonchev–Trinajstić information content (AvgIpc) is 2.98. The minimum absolute atomic E-state index is 0.278. The average molecular weight is 369 g/mol. The predicted molar refractivity (Wildman–Crippen MR) is 97.6 cm³/mol. The van der Waals surface area contributed by atoms with E-state index in [9.17, 15) is 9.59 Å². The number of amides is 3. The van der Waals surface area contributed by atoms with E-state index < -0.39 is 12.2 Å². The van der Waals surface area contributed by atoms with Crippen molar-refractivity contribution in [1.82, 2.24) is 20.0 Å². The standard InChI is InChI=1S/C16H27N5O3S/c1-19-13-12(14(22)18-15(19)23)21(8-10-24-2)16(17-13)25-11-9-20-6-4-3-5-7-20/h12-13H,3-11H2,1-2H3,(H,18,22,23). The Morgan fingerprint density at radius 1 is 1.24 bits per heavy atom. The monoisotopic (exact) mass is 369 g/mol. The molecule has 1 N–H and O–H groups in total. The molecule has 3 heterocycles. The fraction of sp³-hybridized carbons (Fsp3) is 0.812. The van der Waals surface area contributed by atoms with E-state index in [0.29, 0.717) is 13.2 Å². The molecule has 0 bridgehead atoms. The van der Waals surface area contributed by atoms with Crippen LogP contribution < -0.4 is 5.32 Å². The number of thioether (sulfide) groups is 1. The quantitative estimate of drug-likeness (QED) is 0.730. The van der Waals surface area contributed by atoms with E-state index in [0.717, 1.165) is 17.5 Å². The summed E-state index contributed by atoms with van der Waals surface area (Å²) < 4.78 is 5.19. The first-order valence-corrected chi connectivity index (χ1v) is 9.86. The van der Waals surface area contributed by atoms with E-state index in [-0.39, 0.29) is 11.9 Å². The molecular weight excluding hydrogens is 342 g/mol. The van der Waals surface area contributed by atoms with Gasteiger partial charge in [-0.3, -0.25) is 10.1 Å². The maximum absolute atomic E-state index is 12.3. The number of ether oxygens (including phenoxy) is 1. The first-order valence-electron chi connectivity index (χ1n) is 8.88. The first-order chi connectivity index (χ1) is 12.1. The van der Waals surface area contributed by atoms with Crippen molar-refractivity contribution in [2.75, 3.05) is 52.7 Å². The second-order valence-corrected chi connectivity index (χ2v) is 7.67. The van der Waals surface area contributed by atoms with E-state index in [1.807, 2.05) is 4.90 Å². The van der Waals surface area contributed by atoms with Gasteiger partial charge in [-0.15, -0.1) is 0 Å². The van der Waals surface area contributed by atoms with Gasteiger partial charge >= 0.3 is 6.03 Å². The molecule has 2 atom stereocenters.